The van der Waals surface area contributed by atoms with Crippen LogP contribution in [0.5, 0.6) is 5.75 Å². The number of likely N-dealkylation sites (tertiary alicyclic amines) is 2. The summed E-state index contributed by atoms with van der Waals surface area (Å²) >= 11 is 9.60. The van der Waals surface area contributed by atoms with Gasteiger partial charge in [0.2, 0.25) is 0 Å². The lowest BCUT2D eigenvalue weighted by atomic mass is 9.89. The molecule has 4 nitrogen and oxygen atoms in total. The van der Waals surface area contributed by atoms with E-state index < -0.39 is 5.60 Å². The van der Waals surface area contributed by atoms with Gasteiger partial charge in [0.25, 0.3) is 0 Å². The zero-order valence-corrected chi connectivity index (χ0v) is 21.2. The molecule has 2 aromatic rings. The number of aliphatic hydroxyl groups is 1. The van der Waals surface area contributed by atoms with Gasteiger partial charge in [0.05, 0.1) is 5.60 Å². The predicted octanol–water partition coefficient (Wildman–Crippen LogP) is 5.74. The van der Waals surface area contributed by atoms with E-state index in [4.69, 9.17) is 16.3 Å². The van der Waals surface area contributed by atoms with Gasteiger partial charge in [0.1, 0.15) is 12.4 Å². The summed E-state index contributed by atoms with van der Waals surface area (Å²) < 4.78 is 7.22. The van der Waals surface area contributed by atoms with Crippen LogP contribution in [0.3, 0.4) is 0 Å². The molecule has 0 aliphatic carbocycles. The highest BCUT2D eigenvalue weighted by Gasteiger charge is 2.34. The Bertz CT molecular complexity index is 876. The fraction of sp³-hybridized carbons (Fsp3) is 0.538. The molecule has 0 aromatic heterocycles. The molecular formula is C26H34BrClN2O2. The molecule has 2 heterocycles. The summed E-state index contributed by atoms with van der Waals surface area (Å²) in [5, 5.41) is 11.9. The molecular weight excluding hydrogens is 488 g/mol. The van der Waals surface area contributed by atoms with Crippen LogP contribution < -0.4 is 4.74 Å². The number of halogens is 2. The van der Waals surface area contributed by atoms with Gasteiger partial charge in [-0.2, -0.15) is 0 Å². The molecule has 0 atom stereocenters. The second-order valence-electron chi connectivity index (χ2n) is 9.63. The van der Waals surface area contributed by atoms with Crippen LogP contribution >= 0.6 is 27.5 Å². The highest BCUT2D eigenvalue weighted by Crippen LogP contribution is 2.30. The normalized spacial score (nSPS) is 20.4. The summed E-state index contributed by atoms with van der Waals surface area (Å²) in [6.07, 6.45) is 4.16. The Balaban J connectivity index is 1.32. The Labute approximate surface area is 205 Å². The van der Waals surface area contributed by atoms with E-state index in [1.54, 1.807) is 0 Å². The Hall–Kier alpha value is -1.11. The summed E-state index contributed by atoms with van der Waals surface area (Å²) in [6, 6.07) is 14.0. The number of nitrogens with zero attached hydrogens (tertiary/aromatic N) is 2. The molecule has 0 spiro atoms. The van der Waals surface area contributed by atoms with E-state index in [1.165, 1.54) is 18.4 Å². The van der Waals surface area contributed by atoms with Crippen molar-refractivity contribution in [1.29, 1.82) is 0 Å². The topological polar surface area (TPSA) is 35.9 Å². The summed E-state index contributed by atoms with van der Waals surface area (Å²) in [5.41, 5.74) is 1.71. The van der Waals surface area contributed by atoms with Crippen LogP contribution in [-0.2, 0) is 13.2 Å². The maximum Gasteiger partial charge on any atom is 0.124 e. The molecule has 2 saturated heterocycles. The number of ether oxygens (including phenoxy) is 1. The van der Waals surface area contributed by atoms with Crippen molar-refractivity contribution >= 4 is 27.5 Å². The maximum absolute atomic E-state index is 11.2. The third kappa shape index (κ3) is 6.71. The third-order valence-corrected chi connectivity index (χ3v) is 7.65. The Morgan fingerprint density at radius 2 is 1.72 bits per heavy atom. The van der Waals surface area contributed by atoms with Gasteiger partial charge in [-0.15, -0.1) is 0 Å². The van der Waals surface area contributed by atoms with E-state index in [9.17, 15) is 5.11 Å². The standard InChI is InChI=1S/C26H34BrClN2O2/c1-20-8-12-30(13-9-20)19-26(31)10-14-29(15-11-26)17-22-16-23(27)4-7-25(22)32-18-21-2-5-24(28)6-3-21/h2-7,16,20,31H,8-15,17-19H2,1H3. The first-order valence-corrected chi connectivity index (χ1v) is 12.9. The fourth-order valence-electron chi connectivity index (χ4n) is 4.72. The molecule has 0 unspecified atom stereocenters. The quantitative estimate of drug-likeness (QED) is 0.504. The molecule has 32 heavy (non-hydrogen) atoms. The van der Waals surface area contributed by atoms with E-state index in [-0.39, 0.29) is 0 Å². The molecule has 1 N–H and O–H groups in total. The lowest BCUT2D eigenvalue weighted by molar-refractivity contribution is -0.0514. The first kappa shape index (κ1) is 24.0. The lowest BCUT2D eigenvalue weighted by Gasteiger charge is -2.42. The van der Waals surface area contributed by atoms with Crippen molar-refractivity contribution in [2.24, 2.45) is 5.92 Å². The number of β-amino-alcohol motifs (C(OH)–C–C–N with tert-alkyl or cyclic N) is 1. The van der Waals surface area contributed by atoms with Gasteiger partial charge in [-0.05, 0) is 80.6 Å². The Morgan fingerprint density at radius 3 is 2.41 bits per heavy atom. The van der Waals surface area contributed by atoms with Crippen LogP contribution in [0.1, 0.15) is 43.7 Å². The Kier molecular flexibility index (Phi) is 8.17. The van der Waals surface area contributed by atoms with Crippen molar-refractivity contribution in [2.45, 2.75) is 51.4 Å². The van der Waals surface area contributed by atoms with Gasteiger partial charge in [-0.3, -0.25) is 4.90 Å². The van der Waals surface area contributed by atoms with Gasteiger partial charge in [-0.1, -0.05) is 46.6 Å². The second kappa shape index (κ2) is 10.9. The zero-order valence-electron chi connectivity index (χ0n) is 18.9. The number of piperidine rings is 2. The minimum Gasteiger partial charge on any atom is -0.489 e. The van der Waals surface area contributed by atoms with Crippen LogP contribution in [0.15, 0.2) is 46.9 Å². The molecule has 4 rings (SSSR count). The van der Waals surface area contributed by atoms with E-state index in [0.717, 1.165) is 78.8 Å². The van der Waals surface area contributed by atoms with Crippen molar-refractivity contribution in [3.05, 3.63) is 63.1 Å². The van der Waals surface area contributed by atoms with Crippen LogP contribution in [0.2, 0.25) is 5.02 Å². The molecule has 0 radical (unpaired) electrons. The monoisotopic (exact) mass is 520 g/mol. The lowest BCUT2D eigenvalue weighted by Crippen LogP contribution is -2.52. The molecule has 2 aromatic carbocycles. The predicted molar refractivity (Wildman–Crippen MR) is 134 cm³/mol. The summed E-state index contributed by atoms with van der Waals surface area (Å²) in [4.78, 5) is 4.90. The van der Waals surface area contributed by atoms with Crippen LogP contribution in [0, 0.1) is 5.92 Å². The van der Waals surface area contributed by atoms with E-state index in [1.807, 2.05) is 36.4 Å². The largest absolute Gasteiger partial charge is 0.489 e. The number of hydrogen-bond acceptors (Lipinski definition) is 4. The zero-order chi connectivity index (χ0) is 22.6. The molecule has 2 aliphatic rings. The summed E-state index contributed by atoms with van der Waals surface area (Å²) in [5.74, 6) is 1.73. The Morgan fingerprint density at radius 1 is 1.03 bits per heavy atom. The molecule has 0 bridgehead atoms. The smallest absolute Gasteiger partial charge is 0.124 e. The minimum atomic E-state index is -0.553. The average Bonchev–Trinajstić information content (AvgIpc) is 2.78. The van der Waals surface area contributed by atoms with Gasteiger partial charge < -0.3 is 14.7 Å². The van der Waals surface area contributed by atoms with E-state index >= 15 is 0 Å². The summed E-state index contributed by atoms with van der Waals surface area (Å²) in [7, 11) is 0. The SMILES string of the molecule is CC1CCN(CC2(O)CCN(Cc3cc(Br)ccc3OCc3ccc(Cl)cc3)CC2)CC1. The third-order valence-electron chi connectivity index (χ3n) is 6.91. The molecule has 174 valence electrons. The van der Waals surface area contributed by atoms with Crippen LogP contribution in [-0.4, -0.2) is 53.2 Å². The first-order valence-electron chi connectivity index (χ1n) is 11.7. The van der Waals surface area contributed by atoms with Gasteiger partial charge in [-0.25, -0.2) is 0 Å². The van der Waals surface area contributed by atoms with Crippen LogP contribution in [0.25, 0.3) is 0 Å². The molecule has 0 saturated carbocycles. The number of hydrogen-bond donors (Lipinski definition) is 1. The van der Waals surface area contributed by atoms with E-state index in [2.05, 4.69) is 38.7 Å². The van der Waals surface area contributed by atoms with Crippen molar-refractivity contribution in [1.82, 2.24) is 9.80 Å². The van der Waals surface area contributed by atoms with Crippen LogP contribution in [0.4, 0.5) is 0 Å². The second-order valence-corrected chi connectivity index (χ2v) is 11.0. The van der Waals surface area contributed by atoms with Crippen molar-refractivity contribution in [2.75, 3.05) is 32.7 Å². The fourth-order valence-corrected chi connectivity index (χ4v) is 5.25. The molecule has 2 fully saturated rings. The van der Waals surface area contributed by atoms with Gasteiger partial charge in [0, 0.05) is 41.2 Å². The first-order chi connectivity index (χ1) is 15.4. The maximum atomic E-state index is 11.2. The average molecular weight is 522 g/mol. The van der Waals surface area contributed by atoms with Crippen molar-refractivity contribution in [3.63, 3.8) is 0 Å². The number of rotatable bonds is 7. The highest BCUT2D eigenvalue weighted by atomic mass is 79.9. The molecule has 6 heteroatoms. The molecule has 2 aliphatic heterocycles. The van der Waals surface area contributed by atoms with Crippen molar-refractivity contribution in [3.8, 4) is 5.75 Å². The summed E-state index contributed by atoms with van der Waals surface area (Å²) in [6.45, 7) is 8.55. The highest BCUT2D eigenvalue weighted by molar-refractivity contribution is 9.10. The van der Waals surface area contributed by atoms with Gasteiger partial charge >= 0.3 is 0 Å². The molecule has 0 amide bonds. The van der Waals surface area contributed by atoms with Gasteiger partial charge in [0.15, 0.2) is 0 Å². The minimum absolute atomic E-state index is 0.514. The number of benzene rings is 2. The van der Waals surface area contributed by atoms with Crippen molar-refractivity contribution < 1.29 is 9.84 Å². The van der Waals surface area contributed by atoms with E-state index in [0.29, 0.717) is 6.61 Å².